The predicted octanol–water partition coefficient (Wildman–Crippen LogP) is 2.13. The number of phenolic OH excluding ortho intramolecular Hbond substituents is 1. The van der Waals surface area contributed by atoms with Gasteiger partial charge in [0.25, 0.3) is 11.8 Å². The molecule has 2 aromatic heterocycles. The maximum atomic E-state index is 12.9. The van der Waals surface area contributed by atoms with Crippen LogP contribution < -0.4 is 5.32 Å². The maximum Gasteiger partial charge on any atom is 0.271 e. The van der Waals surface area contributed by atoms with E-state index in [-0.39, 0.29) is 23.6 Å². The SMILES string of the molecule is C[C@@H]1c2nc(C(=O)NCc3cccnc3)cn2CCN1C(=O)c1cccc(O)c1. The van der Waals surface area contributed by atoms with Crippen LogP contribution in [0.1, 0.15) is 45.2 Å². The van der Waals surface area contributed by atoms with Crippen LogP contribution in [0.2, 0.25) is 0 Å². The number of rotatable bonds is 4. The van der Waals surface area contributed by atoms with Crippen molar-refractivity contribution in [1.29, 1.82) is 0 Å². The Kier molecular flexibility index (Phi) is 4.99. The molecule has 2 N–H and O–H groups in total. The fourth-order valence-electron chi connectivity index (χ4n) is 3.46. The lowest BCUT2D eigenvalue weighted by atomic mass is 10.1. The highest BCUT2D eigenvalue weighted by atomic mass is 16.3. The van der Waals surface area contributed by atoms with E-state index in [4.69, 9.17) is 0 Å². The van der Waals surface area contributed by atoms with Crippen LogP contribution in [0.3, 0.4) is 0 Å². The van der Waals surface area contributed by atoms with Gasteiger partial charge < -0.3 is 19.9 Å². The molecule has 0 unspecified atom stereocenters. The minimum Gasteiger partial charge on any atom is -0.508 e. The van der Waals surface area contributed by atoms with Crippen LogP contribution in [0.25, 0.3) is 0 Å². The lowest BCUT2D eigenvalue weighted by Gasteiger charge is -2.33. The van der Waals surface area contributed by atoms with E-state index in [1.54, 1.807) is 35.6 Å². The molecule has 148 valence electrons. The largest absolute Gasteiger partial charge is 0.508 e. The molecule has 4 rings (SSSR count). The summed E-state index contributed by atoms with van der Waals surface area (Å²) in [6, 6.07) is 9.70. The first-order valence-electron chi connectivity index (χ1n) is 9.37. The van der Waals surface area contributed by atoms with E-state index in [1.165, 1.54) is 12.1 Å². The Bertz CT molecular complexity index is 1050. The Balaban J connectivity index is 1.48. The standard InChI is InChI=1S/C21H21N5O3/c1-14-19-24-18(20(28)23-12-15-4-3-7-22-11-15)13-25(19)8-9-26(14)21(29)16-5-2-6-17(27)10-16/h2-7,10-11,13-14,27H,8-9,12H2,1H3,(H,23,28)/t14-/m1/s1. The van der Waals surface area contributed by atoms with Crippen molar-refractivity contribution in [2.45, 2.75) is 26.1 Å². The predicted molar refractivity (Wildman–Crippen MR) is 105 cm³/mol. The van der Waals surface area contributed by atoms with E-state index in [2.05, 4.69) is 15.3 Å². The van der Waals surface area contributed by atoms with E-state index in [9.17, 15) is 14.7 Å². The van der Waals surface area contributed by atoms with Crippen molar-refractivity contribution in [1.82, 2.24) is 24.8 Å². The first kappa shape index (κ1) is 18.7. The van der Waals surface area contributed by atoms with E-state index in [1.807, 2.05) is 23.6 Å². The number of nitrogens with one attached hydrogen (secondary N) is 1. The van der Waals surface area contributed by atoms with Crippen molar-refractivity contribution in [2.75, 3.05) is 6.54 Å². The lowest BCUT2D eigenvalue weighted by Crippen LogP contribution is -2.41. The second kappa shape index (κ2) is 7.75. The molecule has 1 aromatic carbocycles. The summed E-state index contributed by atoms with van der Waals surface area (Å²) in [5.41, 5.74) is 1.65. The molecule has 0 saturated carbocycles. The summed E-state index contributed by atoms with van der Waals surface area (Å²) >= 11 is 0. The van der Waals surface area contributed by atoms with E-state index >= 15 is 0 Å². The third kappa shape index (κ3) is 3.82. The van der Waals surface area contributed by atoms with Crippen molar-refractivity contribution in [3.8, 4) is 5.75 Å². The van der Waals surface area contributed by atoms with E-state index in [0.717, 1.165) is 5.56 Å². The van der Waals surface area contributed by atoms with Gasteiger partial charge in [-0.2, -0.15) is 0 Å². The Morgan fingerprint density at radius 2 is 2.10 bits per heavy atom. The summed E-state index contributed by atoms with van der Waals surface area (Å²) in [4.78, 5) is 35.6. The highest BCUT2D eigenvalue weighted by Gasteiger charge is 2.31. The average Bonchev–Trinajstić information content (AvgIpc) is 3.18. The third-order valence-electron chi connectivity index (χ3n) is 4.99. The van der Waals surface area contributed by atoms with Gasteiger partial charge in [0.1, 0.15) is 17.3 Å². The maximum absolute atomic E-state index is 12.9. The van der Waals surface area contributed by atoms with Gasteiger partial charge in [-0.25, -0.2) is 4.98 Å². The average molecular weight is 391 g/mol. The zero-order valence-electron chi connectivity index (χ0n) is 15.9. The van der Waals surface area contributed by atoms with Crippen LogP contribution in [0.15, 0.2) is 55.0 Å². The summed E-state index contributed by atoms with van der Waals surface area (Å²) < 4.78 is 1.91. The minimum absolute atomic E-state index is 0.0505. The number of carbonyl (C=O) groups excluding carboxylic acids is 2. The molecule has 29 heavy (non-hydrogen) atoms. The molecule has 0 fully saturated rings. The number of imidazole rings is 1. The molecule has 1 aliphatic heterocycles. The molecule has 1 aliphatic rings. The molecular formula is C21H21N5O3. The fourth-order valence-corrected chi connectivity index (χ4v) is 3.46. The number of nitrogens with zero attached hydrogens (tertiary/aromatic N) is 4. The highest BCUT2D eigenvalue weighted by molar-refractivity contribution is 5.95. The first-order valence-corrected chi connectivity index (χ1v) is 9.37. The molecule has 1 atom stereocenters. The van der Waals surface area contributed by atoms with Crippen LogP contribution >= 0.6 is 0 Å². The summed E-state index contributed by atoms with van der Waals surface area (Å²) in [7, 11) is 0. The molecule has 2 amide bonds. The van der Waals surface area contributed by atoms with Crippen LogP contribution in [-0.4, -0.2) is 42.9 Å². The lowest BCUT2D eigenvalue weighted by molar-refractivity contribution is 0.0637. The quantitative estimate of drug-likeness (QED) is 0.710. The van der Waals surface area contributed by atoms with Crippen LogP contribution in [0.4, 0.5) is 0 Å². The van der Waals surface area contributed by atoms with Gasteiger partial charge in [-0.1, -0.05) is 12.1 Å². The number of phenols is 1. The first-order chi connectivity index (χ1) is 14.0. The van der Waals surface area contributed by atoms with E-state index < -0.39 is 0 Å². The Morgan fingerprint density at radius 3 is 2.86 bits per heavy atom. The van der Waals surface area contributed by atoms with Gasteiger partial charge in [0.15, 0.2) is 0 Å². The number of carbonyl (C=O) groups is 2. The molecular weight excluding hydrogens is 370 g/mol. The molecule has 0 spiro atoms. The topological polar surface area (TPSA) is 100 Å². The zero-order chi connectivity index (χ0) is 20.4. The van der Waals surface area contributed by atoms with Crippen LogP contribution in [-0.2, 0) is 13.1 Å². The molecule has 0 aliphatic carbocycles. The number of aromatic nitrogens is 3. The van der Waals surface area contributed by atoms with Crippen molar-refractivity contribution in [3.63, 3.8) is 0 Å². The van der Waals surface area contributed by atoms with Crippen LogP contribution in [0, 0.1) is 0 Å². The summed E-state index contributed by atoms with van der Waals surface area (Å²) in [6.45, 7) is 3.30. The number of fused-ring (bicyclic) bond motifs is 1. The summed E-state index contributed by atoms with van der Waals surface area (Å²) in [5, 5.41) is 12.5. The van der Waals surface area contributed by atoms with Gasteiger partial charge >= 0.3 is 0 Å². The Labute approximate surface area is 167 Å². The number of aromatic hydroxyl groups is 1. The van der Waals surface area contributed by atoms with Gasteiger partial charge in [-0.15, -0.1) is 0 Å². The number of hydrogen-bond donors (Lipinski definition) is 2. The van der Waals surface area contributed by atoms with Gasteiger partial charge in [0.05, 0.1) is 6.04 Å². The van der Waals surface area contributed by atoms with Crippen LogP contribution in [0.5, 0.6) is 5.75 Å². The fraction of sp³-hybridized carbons (Fsp3) is 0.238. The summed E-state index contributed by atoms with van der Waals surface area (Å²) in [6.07, 6.45) is 5.10. The molecule has 8 nitrogen and oxygen atoms in total. The van der Waals surface area contributed by atoms with E-state index in [0.29, 0.717) is 36.7 Å². The Morgan fingerprint density at radius 1 is 1.24 bits per heavy atom. The van der Waals surface area contributed by atoms with Crippen molar-refractivity contribution in [3.05, 3.63) is 77.6 Å². The number of pyridine rings is 1. The Hall–Kier alpha value is -3.68. The number of hydrogen-bond acceptors (Lipinski definition) is 5. The number of amides is 2. The van der Waals surface area contributed by atoms with Gasteiger partial charge in [0.2, 0.25) is 0 Å². The summed E-state index contributed by atoms with van der Waals surface area (Å²) in [5.74, 6) is 0.268. The molecule has 3 heterocycles. The number of benzene rings is 1. The van der Waals surface area contributed by atoms with Crippen molar-refractivity contribution < 1.29 is 14.7 Å². The van der Waals surface area contributed by atoms with Gasteiger partial charge in [-0.05, 0) is 36.8 Å². The minimum atomic E-state index is -0.293. The molecule has 0 radical (unpaired) electrons. The van der Waals surface area contributed by atoms with Crippen molar-refractivity contribution >= 4 is 11.8 Å². The van der Waals surface area contributed by atoms with Gasteiger partial charge in [-0.3, -0.25) is 14.6 Å². The molecule has 8 heteroatoms. The molecule has 0 bridgehead atoms. The van der Waals surface area contributed by atoms with Crippen molar-refractivity contribution in [2.24, 2.45) is 0 Å². The van der Waals surface area contributed by atoms with Gasteiger partial charge in [0, 0.05) is 43.8 Å². The normalized spacial score (nSPS) is 15.6. The second-order valence-electron chi connectivity index (χ2n) is 6.95. The molecule has 3 aromatic rings. The second-order valence-corrected chi connectivity index (χ2v) is 6.95. The third-order valence-corrected chi connectivity index (χ3v) is 4.99. The zero-order valence-corrected chi connectivity index (χ0v) is 15.9. The highest BCUT2D eigenvalue weighted by Crippen LogP contribution is 2.27. The monoisotopic (exact) mass is 391 g/mol. The smallest absolute Gasteiger partial charge is 0.271 e. The molecule has 0 saturated heterocycles.